The topological polar surface area (TPSA) is 134 Å². The van der Waals surface area contributed by atoms with Gasteiger partial charge in [-0.1, -0.05) is 32.9 Å². The van der Waals surface area contributed by atoms with Crippen LogP contribution in [-0.4, -0.2) is 93.7 Å². The average molecular weight is 518 g/mol. The van der Waals surface area contributed by atoms with Gasteiger partial charge in [0.2, 0.25) is 5.66 Å². The van der Waals surface area contributed by atoms with Gasteiger partial charge < -0.3 is 14.6 Å². The van der Waals surface area contributed by atoms with Crippen LogP contribution in [0.15, 0.2) is 24.3 Å². The summed E-state index contributed by atoms with van der Waals surface area (Å²) in [5.41, 5.74) is -3.93. The molecule has 0 spiro atoms. The maximum atomic E-state index is 13.6. The minimum Gasteiger partial charge on any atom is -0.478 e. The Kier molecular flexibility index (Phi) is 7.42. The largest absolute Gasteiger partial charge is 0.478 e. The third-order valence-corrected chi connectivity index (χ3v) is 7.18. The van der Waals surface area contributed by atoms with E-state index >= 15 is 0 Å². The lowest BCUT2D eigenvalue weighted by Crippen LogP contribution is -2.77. The van der Waals surface area contributed by atoms with E-state index in [1.54, 1.807) is 53.7 Å². The zero-order chi connectivity index (χ0) is 27.9. The molecule has 1 saturated heterocycles. The van der Waals surface area contributed by atoms with Crippen LogP contribution in [0.4, 0.5) is 4.79 Å². The van der Waals surface area contributed by atoms with Crippen LogP contribution in [0.1, 0.15) is 68.7 Å². The van der Waals surface area contributed by atoms with Crippen molar-refractivity contribution >= 4 is 29.8 Å². The molecule has 2 aliphatic rings. The summed E-state index contributed by atoms with van der Waals surface area (Å²) >= 11 is 0. The third-order valence-electron chi connectivity index (χ3n) is 7.18. The summed E-state index contributed by atoms with van der Waals surface area (Å²) < 4.78 is 10.4. The standard InChI is InChI=1S/C26H35N3O8/c1-8-25(5,6)26(22(33)34,29-19(30)16-11-9-10-12-17(16)20(29)31)27-13-14-28(18(15-27)21(32)36-7)23(35)37-24(2,3)4/h9-12,18H,8,13-15H2,1-7H3,(H,33,34)/t18-,26?/m1/s1. The minimum absolute atomic E-state index is 0.0458. The van der Waals surface area contributed by atoms with Gasteiger partial charge in [-0.15, -0.1) is 0 Å². The van der Waals surface area contributed by atoms with Crippen LogP contribution in [0.3, 0.4) is 0 Å². The molecule has 2 aliphatic heterocycles. The van der Waals surface area contributed by atoms with E-state index in [1.807, 2.05) is 0 Å². The van der Waals surface area contributed by atoms with Crippen LogP contribution in [0.25, 0.3) is 0 Å². The molecule has 1 aromatic carbocycles. The minimum atomic E-state index is -2.17. The molecule has 2 heterocycles. The molecule has 3 amide bonds. The molecule has 1 fully saturated rings. The number of carbonyl (C=O) groups excluding carboxylic acids is 4. The highest BCUT2D eigenvalue weighted by Gasteiger charge is 2.65. The van der Waals surface area contributed by atoms with Crippen molar-refractivity contribution < 1.29 is 38.6 Å². The second-order valence-corrected chi connectivity index (χ2v) is 10.9. The van der Waals surface area contributed by atoms with Crippen molar-refractivity contribution in [2.75, 3.05) is 26.7 Å². The Morgan fingerprint density at radius 1 is 1.00 bits per heavy atom. The molecular weight excluding hydrogens is 482 g/mol. The monoisotopic (exact) mass is 517 g/mol. The number of carbonyl (C=O) groups is 5. The SMILES string of the molecule is CCC(C)(C)C(C(=O)O)(N1CCN(C(=O)OC(C)(C)C)[C@@H](C(=O)OC)C1)N1C(=O)c2ccccc2C1=O. The highest BCUT2D eigenvalue weighted by molar-refractivity contribution is 6.23. The lowest BCUT2D eigenvalue weighted by molar-refractivity contribution is -0.186. The number of aliphatic carboxylic acids is 1. The van der Waals surface area contributed by atoms with Gasteiger partial charge in [0.15, 0.2) is 0 Å². The van der Waals surface area contributed by atoms with Crippen molar-refractivity contribution in [2.45, 2.75) is 65.3 Å². The molecule has 11 nitrogen and oxygen atoms in total. The van der Waals surface area contributed by atoms with E-state index in [9.17, 15) is 29.1 Å². The molecule has 0 aromatic heterocycles. The predicted octanol–water partition coefficient (Wildman–Crippen LogP) is 2.59. The summed E-state index contributed by atoms with van der Waals surface area (Å²) in [6.45, 7) is 9.74. The molecule has 0 radical (unpaired) electrons. The molecule has 1 N–H and O–H groups in total. The number of amides is 3. The number of carboxylic acid groups (broad SMARTS) is 1. The summed E-state index contributed by atoms with van der Waals surface area (Å²) in [4.78, 5) is 69.7. The number of fused-ring (bicyclic) bond motifs is 1. The second kappa shape index (κ2) is 9.77. The van der Waals surface area contributed by atoms with Crippen LogP contribution >= 0.6 is 0 Å². The average Bonchev–Trinajstić information content (AvgIpc) is 3.08. The van der Waals surface area contributed by atoms with Gasteiger partial charge in [-0.25, -0.2) is 19.3 Å². The number of benzene rings is 1. The number of piperazine rings is 1. The van der Waals surface area contributed by atoms with Gasteiger partial charge in [0.05, 0.1) is 18.2 Å². The van der Waals surface area contributed by atoms with Crippen LogP contribution in [0.5, 0.6) is 0 Å². The molecule has 1 unspecified atom stereocenters. The molecule has 0 aliphatic carbocycles. The Morgan fingerprint density at radius 2 is 1.54 bits per heavy atom. The van der Waals surface area contributed by atoms with Crippen LogP contribution < -0.4 is 0 Å². The van der Waals surface area contributed by atoms with E-state index in [1.165, 1.54) is 29.0 Å². The Balaban J connectivity index is 2.15. The fourth-order valence-corrected chi connectivity index (χ4v) is 5.08. The Labute approximate surface area is 216 Å². The molecule has 0 saturated carbocycles. The summed E-state index contributed by atoms with van der Waals surface area (Å²) in [5, 5.41) is 10.8. The van der Waals surface area contributed by atoms with Gasteiger partial charge in [0.1, 0.15) is 11.6 Å². The van der Waals surface area contributed by atoms with Gasteiger partial charge in [0, 0.05) is 25.0 Å². The maximum Gasteiger partial charge on any atom is 0.411 e. The summed E-state index contributed by atoms with van der Waals surface area (Å²) in [6.07, 6.45) is -0.471. The molecule has 0 bridgehead atoms. The fraction of sp³-hybridized carbons (Fsp3) is 0.577. The van der Waals surface area contributed by atoms with Crippen LogP contribution in [0.2, 0.25) is 0 Å². The van der Waals surface area contributed by atoms with Crippen molar-refractivity contribution in [3.05, 3.63) is 35.4 Å². The van der Waals surface area contributed by atoms with E-state index in [4.69, 9.17) is 9.47 Å². The van der Waals surface area contributed by atoms with E-state index in [-0.39, 0.29) is 37.2 Å². The van der Waals surface area contributed by atoms with E-state index in [0.29, 0.717) is 0 Å². The fourth-order valence-electron chi connectivity index (χ4n) is 5.08. The highest BCUT2D eigenvalue weighted by Crippen LogP contribution is 2.46. The number of carboxylic acids is 1. The van der Waals surface area contributed by atoms with Gasteiger partial charge in [-0.2, -0.15) is 0 Å². The number of imide groups is 1. The van der Waals surface area contributed by atoms with Gasteiger partial charge in [-0.3, -0.25) is 19.4 Å². The first kappa shape index (κ1) is 28.1. The van der Waals surface area contributed by atoms with E-state index in [2.05, 4.69) is 0 Å². The highest BCUT2D eigenvalue weighted by atomic mass is 16.6. The molecule has 11 heteroatoms. The predicted molar refractivity (Wildman–Crippen MR) is 132 cm³/mol. The van der Waals surface area contributed by atoms with Crippen molar-refractivity contribution in [1.29, 1.82) is 0 Å². The normalized spacial score (nSPS) is 20.4. The zero-order valence-corrected chi connectivity index (χ0v) is 22.4. The van der Waals surface area contributed by atoms with Gasteiger partial charge in [-0.05, 0) is 39.3 Å². The Hall–Kier alpha value is -3.47. The number of hydrogen-bond donors (Lipinski definition) is 1. The number of rotatable bonds is 6. The van der Waals surface area contributed by atoms with Crippen LogP contribution in [-0.2, 0) is 19.1 Å². The first-order valence-corrected chi connectivity index (χ1v) is 12.2. The number of nitrogens with zero attached hydrogens (tertiary/aromatic N) is 3. The third kappa shape index (κ3) is 4.56. The van der Waals surface area contributed by atoms with E-state index < -0.39 is 52.6 Å². The van der Waals surface area contributed by atoms with Crippen molar-refractivity contribution in [2.24, 2.45) is 5.41 Å². The number of methoxy groups -OCH3 is 1. The Bertz CT molecular complexity index is 1090. The van der Waals surface area contributed by atoms with Gasteiger partial charge in [0.25, 0.3) is 11.8 Å². The number of hydrogen-bond acceptors (Lipinski definition) is 8. The zero-order valence-electron chi connectivity index (χ0n) is 22.4. The summed E-state index contributed by atoms with van der Waals surface area (Å²) in [7, 11) is 1.17. The van der Waals surface area contributed by atoms with Crippen LogP contribution in [0, 0.1) is 5.41 Å². The Morgan fingerprint density at radius 3 is 1.97 bits per heavy atom. The summed E-state index contributed by atoms with van der Waals surface area (Å²) in [5.74, 6) is -3.64. The first-order valence-electron chi connectivity index (χ1n) is 12.2. The smallest absolute Gasteiger partial charge is 0.411 e. The molecule has 2 atom stereocenters. The maximum absolute atomic E-state index is 13.6. The second-order valence-electron chi connectivity index (χ2n) is 10.9. The quantitative estimate of drug-likeness (QED) is 0.446. The molecule has 1 aromatic rings. The molecular formula is C26H35N3O8. The molecule has 37 heavy (non-hydrogen) atoms. The molecule has 3 rings (SSSR count). The van der Waals surface area contributed by atoms with Crippen molar-refractivity contribution in [3.8, 4) is 0 Å². The van der Waals surface area contributed by atoms with Crippen molar-refractivity contribution in [1.82, 2.24) is 14.7 Å². The number of esters is 1. The first-order chi connectivity index (χ1) is 17.1. The summed E-state index contributed by atoms with van der Waals surface area (Å²) in [6, 6.07) is 4.95. The molecule has 202 valence electrons. The van der Waals surface area contributed by atoms with E-state index in [0.717, 1.165) is 4.90 Å². The lowest BCUT2D eigenvalue weighted by atomic mass is 9.73. The van der Waals surface area contributed by atoms with Crippen molar-refractivity contribution in [3.63, 3.8) is 0 Å². The van der Waals surface area contributed by atoms with Gasteiger partial charge >= 0.3 is 18.0 Å². The number of ether oxygens (including phenoxy) is 2. The lowest BCUT2D eigenvalue weighted by Gasteiger charge is -2.56.